The Balaban J connectivity index is 1.81. The summed E-state index contributed by atoms with van der Waals surface area (Å²) in [7, 11) is 0. The van der Waals surface area contributed by atoms with Crippen molar-refractivity contribution in [3.8, 4) is 11.8 Å². The van der Waals surface area contributed by atoms with Crippen LogP contribution in [0.1, 0.15) is 33.3 Å². The van der Waals surface area contributed by atoms with Gasteiger partial charge in [-0.05, 0) is 39.8 Å². The molecule has 0 saturated carbocycles. The number of aliphatic hydroxyl groups is 2. The van der Waals surface area contributed by atoms with E-state index in [1.807, 2.05) is 30.3 Å². The standard InChI is InChI=1S/C20H26O6/c1-19(2)23-12-15(22)17(24-19)18-16(25-20(3,4)26-18)14(21)11-10-13-8-6-5-7-9-13/h5-9,14-18,21-22H,12H2,1-4H3/t14-,15-,16-,17-,18-/m1/s1. The molecule has 1 aromatic rings. The molecule has 142 valence electrons. The average molecular weight is 362 g/mol. The number of benzene rings is 1. The van der Waals surface area contributed by atoms with E-state index in [1.54, 1.807) is 27.7 Å². The fourth-order valence-corrected chi connectivity index (χ4v) is 3.18. The quantitative estimate of drug-likeness (QED) is 0.775. The Morgan fingerprint density at radius 3 is 2.35 bits per heavy atom. The second kappa shape index (κ2) is 7.28. The van der Waals surface area contributed by atoms with Gasteiger partial charge in [-0.1, -0.05) is 30.0 Å². The Hall–Kier alpha value is -1.46. The van der Waals surface area contributed by atoms with Crippen LogP contribution in [0.3, 0.4) is 0 Å². The van der Waals surface area contributed by atoms with Gasteiger partial charge in [-0.25, -0.2) is 0 Å². The number of rotatable bonds is 2. The maximum atomic E-state index is 10.6. The highest BCUT2D eigenvalue weighted by molar-refractivity contribution is 5.34. The Labute approximate surface area is 154 Å². The normalized spacial score (nSPS) is 33.9. The van der Waals surface area contributed by atoms with Crippen molar-refractivity contribution in [3.05, 3.63) is 35.9 Å². The summed E-state index contributed by atoms with van der Waals surface area (Å²) in [6.45, 7) is 7.18. The lowest BCUT2D eigenvalue weighted by molar-refractivity contribution is -0.323. The summed E-state index contributed by atoms with van der Waals surface area (Å²) in [6, 6.07) is 9.39. The van der Waals surface area contributed by atoms with Gasteiger partial charge in [-0.15, -0.1) is 0 Å². The third-order valence-corrected chi connectivity index (χ3v) is 4.34. The predicted octanol–water partition coefficient (Wildman–Crippen LogP) is 1.43. The summed E-state index contributed by atoms with van der Waals surface area (Å²) in [4.78, 5) is 0. The molecule has 1 aromatic carbocycles. The van der Waals surface area contributed by atoms with Crippen LogP contribution < -0.4 is 0 Å². The molecule has 2 aliphatic rings. The van der Waals surface area contributed by atoms with Crippen molar-refractivity contribution in [2.45, 2.75) is 69.8 Å². The minimum atomic E-state index is -1.09. The number of ether oxygens (including phenoxy) is 4. The van der Waals surface area contributed by atoms with Gasteiger partial charge in [0.25, 0.3) is 0 Å². The van der Waals surface area contributed by atoms with Gasteiger partial charge in [0.05, 0.1) is 6.61 Å². The molecular weight excluding hydrogens is 336 g/mol. The van der Waals surface area contributed by atoms with E-state index in [0.717, 1.165) is 5.56 Å². The molecule has 0 bridgehead atoms. The van der Waals surface area contributed by atoms with Gasteiger partial charge in [0.15, 0.2) is 11.6 Å². The zero-order valence-electron chi connectivity index (χ0n) is 15.5. The van der Waals surface area contributed by atoms with Crippen LogP contribution in [-0.2, 0) is 18.9 Å². The lowest BCUT2D eigenvalue weighted by atomic mass is 9.98. The van der Waals surface area contributed by atoms with E-state index in [0.29, 0.717) is 0 Å². The van der Waals surface area contributed by atoms with Gasteiger partial charge in [-0.3, -0.25) is 0 Å². The Bertz CT molecular complexity index is 675. The van der Waals surface area contributed by atoms with Gasteiger partial charge in [-0.2, -0.15) is 0 Å². The topological polar surface area (TPSA) is 77.4 Å². The first-order valence-corrected chi connectivity index (χ1v) is 8.77. The molecule has 2 heterocycles. The number of aliphatic hydroxyl groups excluding tert-OH is 2. The van der Waals surface area contributed by atoms with Crippen LogP contribution in [0.2, 0.25) is 0 Å². The molecule has 3 rings (SSSR count). The van der Waals surface area contributed by atoms with Crippen LogP contribution in [0.4, 0.5) is 0 Å². The molecule has 2 fully saturated rings. The number of hydrogen-bond donors (Lipinski definition) is 2. The van der Waals surface area contributed by atoms with Crippen molar-refractivity contribution in [1.82, 2.24) is 0 Å². The minimum absolute atomic E-state index is 0.121. The molecule has 2 N–H and O–H groups in total. The van der Waals surface area contributed by atoms with Crippen molar-refractivity contribution in [1.29, 1.82) is 0 Å². The third-order valence-electron chi connectivity index (χ3n) is 4.34. The maximum absolute atomic E-state index is 10.6. The molecule has 6 heteroatoms. The van der Waals surface area contributed by atoms with Crippen LogP contribution in [0.15, 0.2) is 30.3 Å². The lowest BCUT2D eigenvalue weighted by Gasteiger charge is -2.42. The highest BCUT2D eigenvalue weighted by Gasteiger charge is 2.53. The minimum Gasteiger partial charge on any atom is -0.388 e. The smallest absolute Gasteiger partial charge is 0.164 e. The first-order valence-electron chi connectivity index (χ1n) is 8.77. The van der Waals surface area contributed by atoms with Gasteiger partial charge in [0.2, 0.25) is 0 Å². The number of hydrogen-bond acceptors (Lipinski definition) is 6. The summed E-state index contributed by atoms with van der Waals surface area (Å²) in [6.07, 6.45) is -4.11. The van der Waals surface area contributed by atoms with Crippen LogP contribution in [0.25, 0.3) is 0 Å². The zero-order valence-corrected chi connectivity index (χ0v) is 15.5. The van der Waals surface area contributed by atoms with Gasteiger partial charge < -0.3 is 29.2 Å². The lowest BCUT2D eigenvalue weighted by Crippen LogP contribution is -2.57. The molecule has 2 saturated heterocycles. The first kappa shape index (κ1) is 19.3. The van der Waals surface area contributed by atoms with Crippen molar-refractivity contribution in [2.75, 3.05) is 6.61 Å². The molecule has 0 aliphatic carbocycles. The first-order chi connectivity index (χ1) is 12.2. The largest absolute Gasteiger partial charge is 0.388 e. The average Bonchev–Trinajstić information content (AvgIpc) is 2.91. The van der Waals surface area contributed by atoms with Gasteiger partial charge >= 0.3 is 0 Å². The maximum Gasteiger partial charge on any atom is 0.164 e. The van der Waals surface area contributed by atoms with Gasteiger partial charge in [0, 0.05) is 5.56 Å². The molecule has 2 aliphatic heterocycles. The van der Waals surface area contributed by atoms with E-state index in [9.17, 15) is 10.2 Å². The molecule has 0 amide bonds. The molecule has 5 atom stereocenters. The molecule has 0 spiro atoms. The van der Waals surface area contributed by atoms with Crippen molar-refractivity contribution in [2.24, 2.45) is 0 Å². The highest BCUT2D eigenvalue weighted by atomic mass is 16.8. The second-order valence-corrected chi connectivity index (χ2v) is 7.51. The molecule has 0 aromatic heterocycles. The van der Waals surface area contributed by atoms with E-state index in [1.165, 1.54) is 0 Å². The van der Waals surface area contributed by atoms with E-state index in [2.05, 4.69) is 11.8 Å². The summed E-state index contributed by atoms with van der Waals surface area (Å²) < 4.78 is 23.2. The van der Waals surface area contributed by atoms with Crippen molar-refractivity contribution < 1.29 is 29.2 Å². The van der Waals surface area contributed by atoms with E-state index in [-0.39, 0.29) is 6.61 Å². The Kier molecular flexibility index (Phi) is 5.40. The van der Waals surface area contributed by atoms with Crippen LogP contribution >= 0.6 is 0 Å². The molecule has 0 radical (unpaired) electrons. The fraction of sp³-hybridized carbons (Fsp3) is 0.600. The molecule has 0 unspecified atom stereocenters. The van der Waals surface area contributed by atoms with Gasteiger partial charge in [0.1, 0.15) is 30.5 Å². The van der Waals surface area contributed by atoms with Crippen LogP contribution in [0, 0.1) is 11.8 Å². The van der Waals surface area contributed by atoms with E-state index in [4.69, 9.17) is 18.9 Å². The zero-order chi connectivity index (χ0) is 18.9. The molecular formula is C20H26O6. The van der Waals surface area contributed by atoms with Crippen LogP contribution in [0.5, 0.6) is 0 Å². The van der Waals surface area contributed by atoms with Crippen molar-refractivity contribution in [3.63, 3.8) is 0 Å². The SMILES string of the molecule is CC1(C)O[C@@H]([C@@H]2OC(C)(C)OC[C@H]2O)[C@@H]([C@H](O)C#Cc2ccccc2)O1. The fourth-order valence-electron chi connectivity index (χ4n) is 3.18. The van der Waals surface area contributed by atoms with Crippen molar-refractivity contribution >= 4 is 0 Å². The van der Waals surface area contributed by atoms with Crippen LogP contribution in [-0.4, -0.2) is 58.9 Å². The summed E-state index contributed by atoms with van der Waals surface area (Å²) in [5.41, 5.74) is 0.796. The molecule has 6 nitrogen and oxygen atoms in total. The Morgan fingerprint density at radius 1 is 1.00 bits per heavy atom. The predicted molar refractivity (Wildman–Crippen MR) is 94.1 cm³/mol. The summed E-state index contributed by atoms with van der Waals surface area (Å²) >= 11 is 0. The summed E-state index contributed by atoms with van der Waals surface area (Å²) in [5.74, 6) is 3.98. The summed E-state index contributed by atoms with van der Waals surface area (Å²) in [5, 5.41) is 20.9. The van der Waals surface area contributed by atoms with E-state index >= 15 is 0 Å². The monoisotopic (exact) mass is 362 g/mol. The second-order valence-electron chi connectivity index (χ2n) is 7.51. The highest BCUT2D eigenvalue weighted by Crippen LogP contribution is 2.36. The Morgan fingerprint density at radius 2 is 1.65 bits per heavy atom. The third kappa shape index (κ3) is 4.44. The van der Waals surface area contributed by atoms with E-state index < -0.39 is 42.1 Å². The molecule has 26 heavy (non-hydrogen) atoms.